The minimum absolute atomic E-state index is 0.178. The number of hydrogen-bond donors (Lipinski definition) is 2. The number of aldehydes is 2. The van der Waals surface area contributed by atoms with E-state index in [4.69, 9.17) is 44.9 Å². The van der Waals surface area contributed by atoms with Crippen LogP contribution in [0.5, 0.6) is 0 Å². The van der Waals surface area contributed by atoms with Crippen LogP contribution in [0.1, 0.15) is 19.3 Å². The summed E-state index contributed by atoms with van der Waals surface area (Å²) in [7, 11) is -1.46. The molecule has 8 nitrogen and oxygen atoms in total. The molecule has 0 aliphatic rings. The van der Waals surface area contributed by atoms with Crippen molar-refractivity contribution in [3.8, 4) is 10.6 Å². The molecule has 14 heteroatoms. The molecule has 4 aromatic rings. The number of aromatic nitrogens is 4. The van der Waals surface area contributed by atoms with Crippen molar-refractivity contribution in [2.45, 2.75) is 0 Å². The minimum atomic E-state index is -1.46. The first-order valence-electron chi connectivity index (χ1n) is 8.41. The van der Waals surface area contributed by atoms with Gasteiger partial charge in [-0.25, -0.2) is 19.9 Å². The highest BCUT2D eigenvalue weighted by Gasteiger charge is 2.12. The third kappa shape index (κ3) is 8.71. The third-order valence-corrected chi connectivity index (χ3v) is 5.89. The topological polar surface area (TPSA) is 126 Å². The molecule has 0 bridgehead atoms. The fraction of sp³-hybridized carbons (Fsp3) is 0. The van der Waals surface area contributed by atoms with Gasteiger partial charge in [0.1, 0.15) is 5.15 Å². The third-order valence-electron chi connectivity index (χ3n) is 3.23. The maximum atomic E-state index is 10.5. The number of nitrogens with zero attached hydrogens (tertiary/aromatic N) is 4. The van der Waals surface area contributed by atoms with Crippen LogP contribution in [-0.4, -0.2) is 49.7 Å². The highest BCUT2D eigenvalue weighted by molar-refractivity contribution is 7.23. The van der Waals surface area contributed by atoms with Gasteiger partial charge in [0.25, 0.3) is 0 Å². The summed E-state index contributed by atoms with van der Waals surface area (Å²) in [5.74, 6) is 0. The maximum absolute atomic E-state index is 10.5. The standard InChI is InChI=1S/C9H5ClN2OS.C5H5BO3S.C4H2Cl2N2/c10-9-11-4-3-7(12-9)8-2-1-6(5-13)14-8;7-3-4-1-2-5(10-4)6(8)9;5-3-1-2-7-4(6)8-3/h1-5H;1-3,8-9H;1-2H. The van der Waals surface area contributed by atoms with Crippen molar-refractivity contribution in [1.29, 1.82) is 0 Å². The smallest absolute Gasteiger partial charge is 0.423 e. The van der Waals surface area contributed by atoms with E-state index in [-0.39, 0.29) is 10.6 Å². The Balaban J connectivity index is 0.000000178. The summed E-state index contributed by atoms with van der Waals surface area (Å²) in [5.41, 5.74) is 0.739. The Hall–Kier alpha value is -2.25. The normalized spacial score (nSPS) is 9.66. The van der Waals surface area contributed by atoms with Crippen molar-refractivity contribution in [3.05, 3.63) is 74.3 Å². The number of halogens is 3. The van der Waals surface area contributed by atoms with Gasteiger partial charge in [-0.15, -0.1) is 22.7 Å². The molecule has 0 saturated heterocycles. The van der Waals surface area contributed by atoms with E-state index in [0.717, 1.165) is 28.2 Å². The second kappa shape index (κ2) is 13.3. The van der Waals surface area contributed by atoms with Crippen LogP contribution in [0.15, 0.2) is 48.8 Å². The van der Waals surface area contributed by atoms with Crippen LogP contribution < -0.4 is 4.78 Å². The summed E-state index contributed by atoms with van der Waals surface area (Å²) < 4.78 is 0.391. The molecule has 0 unspecified atom stereocenters. The summed E-state index contributed by atoms with van der Waals surface area (Å²) in [5, 5.41) is 17.9. The van der Waals surface area contributed by atoms with Crippen LogP contribution in [0.2, 0.25) is 15.7 Å². The average Bonchev–Trinajstić information content (AvgIpc) is 3.44. The molecule has 0 radical (unpaired) electrons. The Morgan fingerprint density at radius 3 is 1.81 bits per heavy atom. The molecule has 0 saturated carbocycles. The van der Waals surface area contributed by atoms with E-state index in [1.54, 1.807) is 30.5 Å². The van der Waals surface area contributed by atoms with E-state index in [2.05, 4.69) is 19.9 Å². The lowest BCUT2D eigenvalue weighted by Gasteiger charge is -1.94. The predicted molar refractivity (Wildman–Crippen MR) is 127 cm³/mol. The molecule has 0 amide bonds. The van der Waals surface area contributed by atoms with Gasteiger partial charge in [0.15, 0.2) is 12.6 Å². The summed E-state index contributed by atoms with van der Waals surface area (Å²) in [6, 6.07) is 9.97. The molecule has 0 aromatic carbocycles. The summed E-state index contributed by atoms with van der Waals surface area (Å²) in [6.07, 6.45) is 4.58. The second-order valence-electron chi connectivity index (χ2n) is 5.41. The Bertz CT molecular complexity index is 1160. The monoisotopic (exact) mass is 528 g/mol. The van der Waals surface area contributed by atoms with Crippen LogP contribution in [-0.2, 0) is 0 Å². The van der Waals surface area contributed by atoms with Crippen LogP contribution in [0, 0.1) is 0 Å². The average molecular weight is 530 g/mol. The maximum Gasteiger partial charge on any atom is 0.499 e. The zero-order valence-electron chi connectivity index (χ0n) is 15.8. The van der Waals surface area contributed by atoms with Crippen LogP contribution in [0.4, 0.5) is 0 Å². The van der Waals surface area contributed by atoms with Gasteiger partial charge in [-0.05, 0) is 53.5 Å². The Morgan fingerprint density at radius 1 is 0.781 bits per heavy atom. The van der Waals surface area contributed by atoms with E-state index in [9.17, 15) is 9.59 Å². The molecule has 4 heterocycles. The van der Waals surface area contributed by atoms with Crippen LogP contribution >= 0.6 is 57.5 Å². The lowest BCUT2D eigenvalue weighted by atomic mass is 9.90. The Morgan fingerprint density at radius 2 is 1.38 bits per heavy atom. The van der Waals surface area contributed by atoms with Gasteiger partial charge >= 0.3 is 7.12 Å². The zero-order valence-corrected chi connectivity index (χ0v) is 19.7. The Labute approximate surface area is 205 Å². The molecule has 0 aliphatic carbocycles. The van der Waals surface area contributed by atoms with Crippen molar-refractivity contribution in [2.24, 2.45) is 0 Å². The molecule has 2 N–H and O–H groups in total. The van der Waals surface area contributed by atoms with Gasteiger partial charge in [0, 0.05) is 17.2 Å². The molecule has 164 valence electrons. The molecule has 0 fully saturated rings. The summed E-state index contributed by atoms with van der Waals surface area (Å²) in [6.45, 7) is 0. The molecular weight excluding hydrogens is 518 g/mol. The molecule has 0 aliphatic heterocycles. The van der Waals surface area contributed by atoms with Gasteiger partial charge < -0.3 is 10.0 Å². The van der Waals surface area contributed by atoms with Crippen molar-refractivity contribution < 1.29 is 19.6 Å². The lowest BCUT2D eigenvalue weighted by Crippen LogP contribution is -2.26. The Kier molecular flexibility index (Phi) is 10.8. The van der Waals surface area contributed by atoms with Crippen molar-refractivity contribution in [3.63, 3.8) is 0 Å². The highest BCUT2D eigenvalue weighted by atomic mass is 35.5. The summed E-state index contributed by atoms with van der Waals surface area (Å²) >= 11 is 18.8. The SMILES string of the molecule is Clc1ccnc(Cl)n1.O=Cc1ccc(-c2ccnc(Cl)n2)s1.O=Cc1ccc(B(O)O)s1. The quantitative estimate of drug-likeness (QED) is 0.177. The second-order valence-corrected chi connectivity index (χ2v) is 8.74. The molecule has 4 aromatic heterocycles. The fourth-order valence-electron chi connectivity index (χ4n) is 1.91. The zero-order chi connectivity index (χ0) is 23.5. The number of rotatable bonds is 4. The number of carbonyl (C=O) groups is 2. The lowest BCUT2D eigenvalue weighted by molar-refractivity contribution is 0.111. The van der Waals surface area contributed by atoms with Gasteiger partial charge in [0.2, 0.25) is 10.6 Å². The summed E-state index contributed by atoms with van der Waals surface area (Å²) in [4.78, 5) is 37.7. The van der Waals surface area contributed by atoms with Crippen LogP contribution in [0.3, 0.4) is 0 Å². The highest BCUT2D eigenvalue weighted by Crippen LogP contribution is 2.25. The number of thiophene rings is 2. The van der Waals surface area contributed by atoms with E-state index < -0.39 is 7.12 Å². The van der Waals surface area contributed by atoms with E-state index in [1.165, 1.54) is 23.6 Å². The van der Waals surface area contributed by atoms with Crippen molar-refractivity contribution in [1.82, 2.24) is 19.9 Å². The molecular formula is C18H12BCl3N4O4S2. The van der Waals surface area contributed by atoms with Crippen LogP contribution in [0.25, 0.3) is 10.6 Å². The van der Waals surface area contributed by atoms with E-state index >= 15 is 0 Å². The first-order valence-corrected chi connectivity index (χ1v) is 11.2. The number of carbonyl (C=O) groups excluding carboxylic acids is 2. The van der Waals surface area contributed by atoms with E-state index in [0.29, 0.717) is 26.0 Å². The van der Waals surface area contributed by atoms with Gasteiger partial charge in [-0.2, -0.15) is 0 Å². The first kappa shape index (κ1) is 26.0. The first-order chi connectivity index (χ1) is 15.3. The molecule has 0 atom stereocenters. The van der Waals surface area contributed by atoms with E-state index in [1.807, 2.05) is 6.07 Å². The van der Waals surface area contributed by atoms with Gasteiger partial charge in [0.05, 0.1) is 20.3 Å². The molecule has 4 rings (SSSR count). The van der Waals surface area contributed by atoms with Crippen molar-refractivity contribution in [2.75, 3.05) is 0 Å². The largest absolute Gasteiger partial charge is 0.499 e. The van der Waals surface area contributed by atoms with Gasteiger partial charge in [-0.3, -0.25) is 9.59 Å². The van der Waals surface area contributed by atoms with Gasteiger partial charge in [-0.1, -0.05) is 17.7 Å². The fourth-order valence-corrected chi connectivity index (χ4v) is 3.88. The number of hydrogen-bond acceptors (Lipinski definition) is 10. The minimum Gasteiger partial charge on any atom is -0.423 e. The predicted octanol–water partition coefficient (Wildman–Crippen LogP) is 3.69. The molecule has 32 heavy (non-hydrogen) atoms. The van der Waals surface area contributed by atoms with Crippen molar-refractivity contribution >= 4 is 81.9 Å². The molecule has 0 spiro atoms.